The first-order valence-corrected chi connectivity index (χ1v) is 14.8. The molecule has 0 unspecified atom stereocenters. The molecule has 0 atom stereocenters. The predicted octanol–water partition coefficient (Wildman–Crippen LogP) is 2.62. The molecule has 1 fully saturated rings. The summed E-state index contributed by atoms with van der Waals surface area (Å²) >= 11 is 2.17. The molecule has 11 heteroatoms. The molecule has 0 bridgehead atoms. The van der Waals surface area contributed by atoms with Crippen molar-refractivity contribution in [2.75, 3.05) is 11.9 Å². The molecule has 1 aliphatic rings. The number of carbonyl (C=O) groups excluding carboxylic acids is 2. The predicted molar refractivity (Wildman–Crippen MR) is 128 cm³/mol. The smallest absolute Gasteiger partial charge is 0.273 e. The Labute approximate surface area is 191 Å². The van der Waals surface area contributed by atoms with Gasteiger partial charge in [-0.3, -0.25) is 24.0 Å². The van der Waals surface area contributed by atoms with Gasteiger partial charge in [0.2, 0.25) is 6.41 Å². The molecule has 9 nitrogen and oxygen atoms in total. The first kappa shape index (κ1) is 23.0. The Balaban J connectivity index is 1.81. The first-order chi connectivity index (χ1) is 14.3. The molecule has 2 aromatic rings. The molecule has 2 amide bonds. The minimum absolute atomic E-state index is 0.268. The van der Waals surface area contributed by atoms with Crippen molar-refractivity contribution in [2.45, 2.75) is 57.3 Å². The maximum Gasteiger partial charge on any atom is 0.273 e. The number of ether oxygens (including phenoxy) is 1. The van der Waals surface area contributed by atoms with E-state index in [1.807, 2.05) is 16.8 Å². The first-order valence-electron chi connectivity index (χ1n) is 10.00. The van der Waals surface area contributed by atoms with E-state index in [-0.39, 0.29) is 6.04 Å². The number of carbonyl (C=O) groups is 2. The Bertz CT molecular complexity index is 894. The summed E-state index contributed by atoms with van der Waals surface area (Å²) in [6, 6.07) is 3.79. The summed E-state index contributed by atoms with van der Waals surface area (Å²) in [4.78, 5) is 27.6. The van der Waals surface area contributed by atoms with Gasteiger partial charge in [-0.2, -0.15) is 0 Å². The number of nitrogens with zero attached hydrogens (tertiary/aromatic N) is 2. The summed E-state index contributed by atoms with van der Waals surface area (Å²) in [7, 11) is -1.14. The van der Waals surface area contributed by atoms with Gasteiger partial charge in [0.15, 0.2) is 0 Å². The van der Waals surface area contributed by atoms with E-state index in [0.717, 1.165) is 42.2 Å². The number of nitrogens with one attached hydrogen (secondary N) is 4. The van der Waals surface area contributed by atoms with Gasteiger partial charge in [-0.1, -0.05) is 19.6 Å². The Morgan fingerprint density at radius 2 is 2.13 bits per heavy atom. The van der Waals surface area contributed by atoms with Crippen LogP contribution in [0.3, 0.4) is 0 Å². The van der Waals surface area contributed by atoms with E-state index in [1.165, 1.54) is 6.20 Å². The van der Waals surface area contributed by atoms with E-state index < -0.39 is 14.0 Å². The van der Waals surface area contributed by atoms with Crippen molar-refractivity contribution in [1.82, 2.24) is 23.9 Å². The van der Waals surface area contributed by atoms with Gasteiger partial charge in [0, 0.05) is 67.4 Å². The highest BCUT2D eigenvalue weighted by Gasteiger charge is 2.30. The number of pyridine rings is 1. The molecule has 1 aliphatic carbocycles. The van der Waals surface area contributed by atoms with Crippen LogP contribution in [-0.4, -0.2) is 48.6 Å². The van der Waals surface area contributed by atoms with Crippen molar-refractivity contribution in [3.8, 4) is 0 Å². The molecule has 0 spiro atoms. The Morgan fingerprint density at radius 1 is 1.37 bits per heavy atom. The van der Waals surface area contributed by atoms with Gasteiger partial charge in [-0.05, 0) is 25.0 Å². The molecule has 0 aliphatic heterocycles. The number of hydrogen-bond donors (Lipinski definition) is 4. The molecule has 2 heterocycles. The minimum Gasteiger partial charge on any atom is -0.381 e. The van der Waals surface area contributed by atoms with Gasteiger partial charge in [0.25, 0.3) is 5.91 Å². The molecule has 4 N–H and O–H groups in total. The van der Waals surface area contributed by atoms with Crippen molar-refractivity contribution in [3.63, 3.8) is 0 Å². The molecule has 3 rings (SSSR count). The van der Waals surface area contributed by atoms with E-state index >= 15 is 0 Å². The van der Waals surface area contributed by atoms with Gasteiger partial charge in [-0.15, -0.1) is 0 Å². The average Bonchev–Trinajstić information content (AvgIpc) is 3.08. The highest BCUT2D eigenvalue weighted by atomic mass is 127. The van der Waals surface area contributed by atoms with Crippen molar-refractivity contribution in [3.05, 3.63) is 24.0 Å². The van der Waals surface area contributed by atoms with Gasteiger partial charge < -0.3 is 14.6 Å². The molecule has 1 saturated carbocycles. The minimum atomic E-state index is -1.14. The highest BCUT2D eigenvalue weighted by molar-refractivity contribution is 14.1. The van der Waals surface area contributed by atoms with Gasteiger partial charge in [0.1, 0.15) is 12.4 Å². The van der Waals surface area contributed by atoms with E-state index in [4.69, 9.17) is 4.74 Å². The third-order valence-electron chi connectivity index (χ3n) is 5.15. The fourth-order valence-electron chi connectivity index (χ4n) is 3.30. The molecular formula is C19H29IN6O3Si. The zero-order valence-electron chi connectivity index (χ0n) is 17.5. The fraction of sp³-hybridized carbons (Fsp3) is 0.526. The monoisotopic (exact) mass is 544 g/mol. The lowest BCUT2D eigenvalue weighted by Gasteiger charge is -2.36. The van der Waals surface area contributed by atoms with Crippen molar-refractivity contribution in [2.24, 2.45) is 0 Å². The van der Waals surface area contributed by atoms with Crippen LogP contribution >= 0.6 is 22.9 Å². The zero-order valence-corrected chi connectivity index (χ0v) is 20.7. The molecule has 30 heavy (non-hydrogen) atoms. The summed E-state index contributed by atoms with van der Waals surface area (Å²) in [5.74, 6) is -0.416. The van der Waals surface area contributed by atoms with Crippen LogP contribution in [0.4, 0.5) is 5.69 Å². The summed E-state index contributed by atoms with van der Waals surface area (Å²) in [5.41, 5.74) is 6.44. The van der Waals surface area contributed by atoms with E-state index in [0.29, 0.717) is 24.7 Å². The lowest BCUT2D eigenvalue weighted by atomic mass is 9.87. The maximum atomic E-state index is 12.5. The Kier molecular flexibility index (Phi) is 7.71. The second kappa shape index (κ2) is 10.1. The highest BCUT2D eigenvalue weighted by Crippen LogP contribution is 2.32. The lowest BCUT2D eigenvalue weighted by Crippen LogP contribution is -2.45. The summed E-state index contributed by atoms with van der Waals surface area (Å²) in [5, 5.41) is 4.36. The quantitative estimate of drug-likeness (QED) is 0.0865. The fourth-order valence-corrected chi connectivity index (χ4v) is 4.57. The number of halogens is 1. The van der Waals surface area contributed by atoms with Crippen molar-refractivity contribution in [1.29, 1.82) is 0 Å². The number of fused-ring (bicyclic) bond motifs is 1. The summed E-state index contributed by atoms with van der Waals surface area (Å²) < 4.78 is 11.1. The molecule has 0 aromatic carbocycles. The third-order valence-corrected chi connectivity index (χ3v) is 7.73. The van der Waals surface area contributed by atoms with E-state index in [9.17, 15) is 9.59 Å². The van der Waals surface area contributed by atoms with Crippen LogP contribution in [-0.2, 0) is 16.3 Å². The van der Waals surface area contributed by atoms with Crippen LogP contribution in [0.1, 0.15) is 23.2 Å². The maximum absolute atomic E-state index is 12.5. The average molecular weight is 544 g/mol. The topological polar surface area (TPSA) is 109 Å². The summed E-state index contributed by atoms with van der Waals surface area (Å²) in [6.45, 7) is 8.12. The normalized spacial score (nSPS) is 18.7. The molecule has 0 saturated heterocycles. The second-order valence-corrected chi connectivity index (χ2v) is 15.0. The van der Waals surface area contributed by atoms with Crippen LogP contribution in [0.15, 0.2) is 18.5 Å². The lowest BCUT2D eigenvalue weighted by molar-refractivity contribution is -0.110. The Morgan fingerprint density at radius 3 is 2.80 bits per heavy atom. The second-order valence-electron chi connectivity index (χ2n) is 8.75. The van der Waals surface area contributed by atoms with Crippen LogP contribution in [0.5, 0.6) is 0 Å². The molecule has 2 aromatic heterocycles. The van der Waals surface area contributed by atoms with Crippen LogP contribution in [0.2, 0.25) is 25.7 Å². The van der Waals surface area contributed by atoms with Crippen LogP contribution < -0.4 is 19.7 Å². The van der Waals surface area contributed by atoms with Gasteiger partial charge >= 0.3 is 0 Å². The molecule has 164 valence electrons. The molecular weight excluding hydrogens is 515 g/mol. The number of anilines is 1. The van der Waals surface area contributed by atoms with Gasteiger partial charge in [0.05, 0.1) is 11.3 Å². The number of amides is 2. The number of rotatable bonds is 11. The number of hydrazine groups is 1. The van der Waals surface area contributed by atoms with Crippen molar-refractivity contribution < 1.29 is 14.3 Å². The number of hydrogen-bond acceptors (Lipinski definition) is 6. The van der Waals surface area contributed by atoms with Crippen LogP contribution in [0.25, 0.3) is 11.0 Å². The standard InChI is InChI=1S/C19H29IN6O3Si/c1-30(2,3)7-6-29-12-26-5-4-15-17(23-13-8-14(9-13)24-20)16(10-21-18(15)26)19(28)25-22-11-27/h4-5,10-11,13-14,24H,6-9,12H2,1-3H3,(H,21,23)(H,22,27)(H,25,28). The zero-order chi connectivity index (χ0) is 21.7. The Hall–Kier alpha value is -1.70. The van der Waals surface area contributed by atoms with Crippen LogP contribution in [0, 0.1) is 0 Å². The van der Waals surface area contributed by atoms with Gasteiger partial charge in [-0.25, -0.2) is 4.98 Å². The number of aromatic nitrogens is 2. The SMILES string of the molecule is C[Si](C)(C)CCOCn1ccc2c(NC3CC(NI)C3)c(C(=O)NNC=O)cnc21. The largest absolute Gasteiger partial charge is 0.381 e. The van der Waals surface area contributed by atoms with Crippen molar-refractivity contribution >= 4 is 60.0 Å². The van der Waals surface area contributed by atoms with E-state index in [2.05, 4.69) is 67.2 Å². The molecule has 0 radical (unpaired) electrons. The third kappa shape index (κ3) is 5.71. The summed E-state index contributed by atoms with van der Waals surface area (Å²) in [6.07, 6.45) is 5.84. The van der Waals surface area contributed by atoms with E-state index in [1.54, 1.807) is 0 Å².